The summed E-state index contributed by atoms with van der Waals surface area (Å²) in [6.07, 6.45) is -0.818. The Morgan fingerprint density at radius 1 is 1.91 bits per heavy atom. The molecule has 1 rings (SSSR count). The molecule has 2 atom stereocenters. The van der Waals surface area contributed by atoms with Crippen molar-refractivity contribution in [3.63, 3.8) is 0 Å². The number of carbonyl (C=O) groups excluding carboxylic acids is 1. The number of rotatable bonds is 2. The lowest BCUT2D eigenvalue weighted by Crippen LogP contribution is -2.34. The fourth-order valence-electron chi connectivity index (χ4n) is 1.06. The number of β-amino-alcohol motifs (C(OH)–C–C–N with tert-alkyl or cyclic N) is 1. The van der Waals surface area contributed by atoms with Crippen molar-refractivity contribution in [3.8, 4) is 0 Å². The largest absolute Gasteiger partial charge is 0.392 e. The summed E-state index contributed by atoms with van der Waals surface area (Å²) in [6.45, 7) is 4.04. The quantitative estimate of drug-likeness (QED) is 0.595. The van der Waals surface area contributed by atoms with Gasteiger partial charge in [-0.3, -0.25) is 4.79 Å². The maximum atomic E-state index is 11.1. The standard InChI is InChI=1S/C7H13NO3/c1-5(9)3-8-4-11-6(2)7(8)10/h5-6,9H,3-4H2,1-2H3. The molecule has 0 bridgehead atoms. The van der Waals surface area contributed by atoms with E-state index in [-0.39, 0.29) is 12.0 Å². The van der Waals surface area contributed by atoms with E-state index in [0.29, 0.717) is 13.3 Å². The molecule has 4 nitrogen and oxygen atoms in total. The Morgan fingerprint density at radius 2 is 2.55 bits per heavy atom. The first kappa shape index (κ1) is 8.49. The van der Waals surface area contributed by atoms with Crippen molar-refractivity contribution < 1.29 is 14.6 Å². The van der Waals surface area contributed by atoms with Gasteiger partial charge in [-0.1, -0.05) is 0 Å². The molecule has 0 spiro atoms. The molecular weight excluding hydrogens is 146 g/mol. The van der Waals surface area contributed by atoms with Crippen LogP contribution in [0.1, 0.15) is 13.8 Å². The summed E-state index contributed by atoms with van der Waals surface area (Å²) in [5.41, 5.74) is 0. The molecule has 2 unspecified atom stereocenters. The second kappa shape index (κ2) is 3.19. The van der Waals surface area contributed by atoms with Crippen molar-refractivity contribution in [2.45, 2.75) is 26.1 Å². The molecule has 0 aromatic heterocycles. The molecule has 1 heterocycles. The van der Waals surface area contributed by atoms with Crippen molar-refractivity contribution in [2.75, 3.05) is 13.3 Å². The average Bonchev–Trinajstić information content (AvgIpc) is 2.18. The van der Waals surface area contributed by atoms with Crippen LogP contribution in [0.5, 0.6) is 0 Å². The van der Waals surface area contributed by atoms with Crippen molar-refractivity contribution in [2.24, 2.45) is 0 Å². The third kappa shape index (κ3) is 1.91. The van der Waals surface area contributed by atoms with Gasteiger partial charge >= 0.3 is 0 Å². The zero-order valence-corrected chi connectivity index (χ0v) is 6.78. The summed E-state index contributed by atoms with van der Waals surface area (Å²) >= 11 is 0. The van der Waals surface area contributed by atoms with Crippen LogP contribution < -0.4 is 0 Å². The van der Waals surface area contributed by atoms with Crippen molar-refractivity contribution >= 4 is 5.91 Å². The summed E-state index contributed by atoms with van der Waals surface area (Å²) in [6, 6.07) is 0. The van der Waals surface area contributed by atoms with E-state index in [1.54, 1.807) is 13.8 Å². The lowest BCUT2D eigenvalue weighted by molar-refractivity contribution is -0.130. The van der Waals surface area contributed by atoms with Gasteiger partial charge in [-0.05, 0) is 13.8 Å². The summed E-state index contributed by atoms with van der Waals surface area (Å²) in [4.78, 5) is 12.6. The van der Waals surface area contributed by atoms with Gasteiger partial charge < -0.3 is 14.7 Å². The Morgan fingerprint density at radius 3 is 2.91 bits per heavy atom. The fraction of sp³-hybridized carbons (Fsp3) is 0.857. The lowest BCUT2D eigenvalue weighted by atomic mass is 10.3. The minimum Gasteiger partial charge on any atom is -0.392 e. The SMILES string of the molecule is CC(O)CN1COC(C)C1=O. The molecule has 0 aromatic rings. The summed E-state index contributed by atoms with van der Waals surface area (Å²) in [5, 5.41) is 8.97. The average molecular weight is 159 g/mol. The van der Waals surface area contributed by atoms with E-state index in [9.17, 15) is 4.79 Å². The minimum absolute atomic E-state index is 0.0362. The highest BCUT2D eigenvalue weighted by atomic mass is 16.5. The number of hydrogen-bond donors (Lipinski definition) is 1. The van der Waals surface area contributed by atoms with Gasteiger partial charge in [0.25, 0.3) is 5.91 Å². The molecule has 0 aromatic carbocycles. The zero-order valence-electron chi connectivity index (χ0n) is 6.78. The first-order chi connectivity index (χ1) is 5.11. The molecule has 0 radical (unpaired) electrons. The molecule has 1 amide bonds. The molecule has 64 valence electrons. The molecule has 1 N–H and O–H groups in total. The third-order valence-electron chi connectivity index (χ3n) is 1.62. The number of hydrogen-bond acceptors (Lipinski definition) is 3. The van der Waals surface area contributed by atoms with Gasteiger partial charge in [0.1, 0.15) is 12.8 Å². The molecule has 1 saturated heterocycles. The Balaban J connectivity index is 2.42. The highest BCUT2D eigenvalue weighted by molar-refractivity contribution is 5.81. The van der Waals surface area contributed by atoms with Crippen LogP contribution in [0.15, 0.2) is 0 Å². The maximum Gasteiger partial charge on any atom is 0.253 e. The first-order valence-corrected chi connectivity index (χ1v) is 3.69. The Labute approximate surface area is 65.8 Å². The smallest absolute Gasteiger partial charge is 0.253 e. The highest BCUT2D eigenvalue weighted by Gasteiger charge is 2.28. The fourth-order valence-corrected chi connectivity index (χ4v) is 1.06. The third-order valence-corrected chi connectivity index (χ3v) is 1.62. The number of ether oxygens (including phenoxy) is 1. The molecule has 1 aliphatic rings. The number of aliphatic hydroxyl groups is 1. The summed E-state index contributed by atoms with van der Waals surface area (Å²) in [7, 11) is 0. The second-order valence-corrected chi connectivity index (χ2v) is 2.85. The van der Waals surface area contributed by atoms with Crippen LogP contribution in [-0.4, -0.2) is 41.4 Å². The van der Waals surface area contributed by atoms with E-state index in [1.165, 1.54) is 4.90 Å². The van der Waals surface area contributed by atoms with Crippen molar-refractivity contribution in [1.82, 2.24) is 4.90 Å². The molecular formula is C7H13NO3. The van der Waals surface area contributed by atoms with Crippen LogP contribution in [0, 0.1) is 0 Å². The van der Waals surface area contributed by atoms with Crippen LogP contribution in [0.4, 0.5) is 0 Å². The van der Waals surface area contributed by atoms with Crippen LogP contribution in [0.25, 0.3) is 0 Å². The monoisotopic (exact) mass is 159 g/mol. The number of aliphatic hydroxyl groups excluding tert-OH is 1. The highest BCUT2D eigenvalue weighted by Crippen LogP contribution is 2.09. The predicted octanol–water partition coefficient (Wildman–Crippen LogP) is -0.428. The lowest BCUT2D eigenvalue weighted by Gasteiger charge is -2.15. The molecule has 0 aliphatic carbocycles. The molecule has 1 aliphatic heterocycles. The van der Waals surface area contributed by atoms with Gasteiger partial charge in [0.05, 0.1) is 6.10 Å². The van der Waals surface area contributed by atoms with Crippen LogP contribution in [0.3, 0.4) is 0 Å². The molecule has 11 heavy (non-hydrogen) atoms. The number of amides is 1. The van der Waals surface area contributed by atoms with Gasteiger partial charge in [0, 0.05) is 6.54 Å². The topological polar surface area (TPSA) is 49.8 Å². The molecule has 0 saturated carbocycles. The Hall–Kier alpha value is -0.610. The van der Waals surface area contributed by atoms with Crippen molar-refractivity contribution in [1.29, 1.82) is 0 Å². The van der Waals surface area contributed by atoms with E-state index >= 15 is 0 Å². The van der Waals surface area contributed by atoms with E-state index in [4.69, 9.17) is 9.84 Å². The first-order valence-electron chi connectivity index (χ1n) is 3.69. The van der Waals surface area contributed by atoms with E-state index in [0.717, 1.165) is 0 Å². The van der Waals surface area contributed by atoms with E-state index in [2.05, 4.69) is 0 Å². The van der Waals surface area contributed by atoms with Gasteiger partial charge in [-0.2, -0.15) is 0 Å². The number of nitrogens with zero attached hydrogens (tertiary/aromatic N) is 1. The number of carbonyl (C=O) groups is 1. The van der Waals surface area contributed by atoms with Gasteiger partial charge in [0.15, 0.2) is 0 Å². The predicted molar refractivity (Wildman–Crippen MR) is 38.8 cm³/mol. The minimum atomic E-state index is -0.479. The van der Waals surface area contributed by atoms with Crippen LogP contribution in [0.2, 0.25) is 0 Å². The van der Waals surface area contributed by atoms with Gasteiger partial charge in [0.2, 0.25) is 0 Å². The zero-order chi connectivity index (χ0) is 8.43. The normalized spacial score (nSPS) is 27.7. The maximum absolute atomic E-state index is 11.1. The summed E-state index contributed by atoms with van der Waals surface area (Å²) < 4.78 is 5.04. The second-order valence-electron chi connectivity index (χ2n) is 2.85. The molecule has 4 heteroatoms. The van der Waals surface area contributed by atoms with E-state index < -0.39 is 6.10 Å². The Kier molecular flexibility index (Phi) is 2.46. The Bertz CT molecular complexity index is 158. The van der Waals surface area contributed by atoms with Crippen LogP contribution in [-0.2, 0) is 9.53 Å². The van der Waals surface area contributed by atoms with E-state index in [1.807, 2.05) is 0 Å². The summed E-state index contributed by atoms with van der Waals surface area (Å²) in [5.74, 6) is -0.0362. The molecule has 1 fully saturated rings. The van der Waals surface area contributed by atoms with Crippen LogP contribution >= 0.6 is 0 Å². The van der Waals surface area contributed by atoms with Gasteiger partial charge in [-0.25, -0.2) is 0 Å². The van der Waals surface area contributed by atoms with Crippen molar-refractivity contribution in [3.05, 3.63) is 0 Å². The van der Waals surface area contributed by atoms with Gasteiger partial charge in [-0.15, -0.1) is 0 Å².